The number of rotatable bonds is 7. The fourth-order valence-corrected chi connectivity index (χ4v) is 3.01. The average Bonchev–Trinajstić information content (AvgIpc) is 2.92. The Morgan fingerprint density at radius 1 is 0.929 bits per heavy atom. The molecule has 0 saturated carbocycles. The zero-order chi connectivity index (χ0) is 20.3. The lowest BCUT2D eigenvalue weighted by Crippen LogP contribution is -2.31. The van der Waals surface area contributed by atoms with Crippen molar-refractivity contribution in [3.63, 3.8) is 0 Å². The Labute approximate surface area is 162 Å². The van der Waals surface area contributed by atoms with Gasteiger partial charge in [-0.1, -0.05) is 18.2 Å². The third kappa shape index (κ3) is 3.51. The number of benzene rings is 2. The fourth-order valence-electron chi connectivity index (χ4n) is 3.01. The molecule has 0 atom stereocenters. The number of carbonyl (C=O) groups excluding carboxylic acids is 2. The van der Waals surface area contributed by atoms with Crippen LogP contribution in [0.4, 0.5) is 0 Å². The van der Waals surface area contributed by atoms with Crippen LogP contribution in [-0.2, 0) is 16.1 Å². The van der Waals surface area contributed by atoms with Crippen LogP contribution in [0, 0.1) is 0 Å². The molecule has 7 heteroatoms. The second-order valence-electron chi connectivity index (χ2n) is 6.07. The van der Waals surface area contributed by atoms with Gasteiger partial charge in [0.1, 0.15) is 5.75 Å². The Morgan fingerprint density at radius 2 is 1.61 bits per heavy atom. The van der Waals surface area contributed by atoms with E-state index in [0.29, 0.717) is 35.0 Å². The molecule has 146 valence electrons. The number of imide groups is 1. The van der Waals surface area contributed by atoms with Crippen LogP contribution < -0.4 is 14.2 Å². The van der Waals surface area contributed by atoms with Crippen molar-refractivity contribution in [2.45, 2.75) is 13.5 Å². The Hall–Kier alpha value is -3.48. The molecule has 0 fully saturated rings. The van der Waals surface area contributed by atoms with Crippen LogP contribution in [0.3, 0.4) is 0 Å². The second kappa shape index (κ2) is 8.04. The topological polar surface area (TPSA) is 85.3 Å². The number of ether oxygens (including phenoxy) is 3. The number of amides is 2. The van der Waals surface area contributed by atoms with Crippen molar-refractivity contribution in [1.82, 2.24) is 4.90 Å². The molecule has 1 N–H and O–H groups in total. The van der Waals surface area contributed by atoms with Crippen molar-refractivity contribution >= 4 is 17.4 Å². The summed E-state index contributed by atoms with van der Waals surface area (Å²) in [5, 5.41) is 10.3. The summed E-state index contributed by atoms with van der Waals surface area (Å²) < 4.78 is 15.8. The van der Waals surface area contributed by atoms with Crippen molar-refractivity contribution in [2.24, 2.45) is 0 Å². The third-order valence-corrected chi connectivity index (χ3v) is 4.39. The second-order valence-corrected chi connectivity index (χ2v) is 6.07. The molecule has 7 nitrogen and oxygen atoms in total. The highest BCUT2D eigenvalue weighted by molar-refractivity contribution is 6.34. The highest BCUT2D eigenvalue weighted by Gasteiger charge is 2.39. The molecular formula is C21H21NO6. The smallest absolute Gasteiger partial charge is 0.296 e. The number of methoxy groups -OCH3 is 2. The van der Waals surface area contributed by atoms with Gasteiger partial charge in [0, 0.05) is 0 Å². The number of aliphatic hydroxyl groups is 1. The Bertz CT molecular complexity index is 932. The van der Waals surface area contributed by atoms with Crippen LogP contribution in [-0.4, -0.2) is 42.6 Å². The molecule has 0 bridgehead atoms. The summed E-state index contributed by atoms with van der Waals surface area (Å²) in [6.45, 7) is 2.39. The predicted molar refractivity (Wildman–Crippen MR) is 102 cm³/mol. The number of aliphatic hydroxyl groups excluding tert-OH is 1. The van der Waals surface area contributed by atoms with Crippen molar-refractivity contribution in [2.75, 3.05) is 20.8 Å². The standard InChI is InChI=1S/C21H21NO6/c1-4-28-15-8-6-14(7-9-15)18-19(23)21(25)22(20(18)24)12-13-5-10-16(26-2)17(11-13)27-3/h5-11,23H,4,12H2,1-3H3. The van der Waals surface area contributed by atoms with E-state index in [2.05, 4.69) is 0 Å². The molecule has 0 radical (unpaired) electrons. The summed E-state index contributed by atoms with van der Waals surface area (Å²) in [7, 11) is 3.03. The summed E-state index contributed by atoms with van der Waals surface area (Å²) in [6.07, 6.45) is 0. The van der Waals surface area contributed by atoms with E-state index in [0.717, 1.165) is 4.90 Å². The number of carbonyl (C=O) groups is 2. The molecule has 0 unspecified atom stereocenters. The van der Waals surface area contributed by atoms with Crippen LogP contribution in [0.2, 0.25) is 0 Å². The Kier molecular flexibility index (Phi) is 5.54. The van der Waals surface area contributed by atoms with E-state index in [-0.39, 0.29) is 12.1 Å². The monoisotopic (exact) mass is 383 g/mol. The lowest BCUT2D eigenvalue weighted by Gasteiger charge is -2.16. The van der Waals surface area contributed by atoms with E-state index in [1.807, 2.05) is 6.92 Å². The maximum absolute atomic E-state index is 12.8. The van der Waals surface area contributed by atoms with Crippen LogP contribution in [0.5, 0.6) is 17.2 Å². The van der Waals surface area contributed by atoms with Gasteiger partial charge >= 0.3 is 0 Å². The third-order valence-electron chi connectivity index (χ3n) is 4.39. The molecule has 3 rings (SSSR count). The first-order valence-corrected chi connectivity index (χ1v) is 8.73. The van der Waals surface area contributed by atoms with Crippen molar-refractivity contribution in [1.29, 1.82) is 0 Å². The zero-order valence-corrected chi connectivity index (χ0v) is 15.9. The Morgan fingerprint density at radius 3 is 2.21 bits per heavy atom. The van der Waals surface area contributed by atoms with Gasteiger partial charge in [-0.2, -0.15) is 0 Å². The SMILES string of the molecule is CCOc1ccc(C2=C(O)C(=O)N(Cc3ccc(OC)c(OC)c3)C2=O)cc1. The molecular weight excluding hydrogens is 362 g/mol. The van der Waals surface area contributed by atoms with Crippen LogP contribution in [0.15, 0.2) is 48.2 Å². The quantitative estimate of drug-likeness (QED) is 0.740. The fraction of sp³-hybridized carbons (Fsp3) is 0.238. The van der Waals surface area contributed by atoms with Gasteiger partial charge in [0.15, 0.2) is 17.3 Å². The van der Waals surface area contributed by atoms with Crippen molar-refractivity contribution in [3.05, 3.63) is 59.4 Å². The van der Waals surface area contributed by atoms with Gasteiger partial charge in [-0.15, -0.1) is 0 Å². The molecule has 28 heavy (non-hydrogen) atoms. The summed E-state index contributed by atoms with van der Waals surface area (Å²) in [4.78, 5) is 26.3. The van der Waals surface area contributed by atoms with Gasteiger partial charge < -0.3 is 19.3 Å². The van der Waals surface area contributed by atoms with Gasteiger partial charge in [0.2, 0.25) is 0 Å². The molecule has 0 aromatic heterocycles. The maximum atomic E-state index is 12.8. The number of hydrogen-bond donors (Lipinski definition) is 1. The normalized spacial score (nSPS) is 13.9. The van der Waals surface area contributed by atoms with Crippen LogP contribution in [0.25, 0.3) is 5.57 Å². The van der Waals surface area contributed by atoms with E-state index in [1.165, 1.54) is 14.2 Å². The number of nitrogens with zero attached hydrogens (tertiary/aromatic N) is 1. The highest BCUT2D eigenvalue weighted by atomic mass is 16.5. The summed E-state index contributed by atoms with van der Waals surface area (Å²) in [5.74, 6) is -0.172. The summed E-state index contributed by atoms with van der Waals surface area (Å²) in [6, 6.07) is 11.8. The lowest BCUT2D eigenvalue weighted by atomic mass is 10.1. The molecule has 0 spiro atoms. The van der Waals surface area contributed by atoms with Crippen LogP contribution >= 0.6 is 0 Å². The zero-order valence-electron chi connectivity index (χ0n) is 15.9. The van der Waals surface area contributed by atoms with Gasteiger partial charge in [0.25, 0.3) is 11.8 Å². The molecule has 2 amide bonds. The number of hydrogen-bond acceptors (Lipinski definition) is 6. The van der Waals surface area contributed by atoms with Crippen molar-refractivity contribution < 1.29 is 28.9 Å². The molecule has 0 saturated heterocycles. The molecule has 1 aliphatic rings. The highest BCUT2D eigenvalue weighted by Crippen LogP contribution is 2.32. The Balaban J connectivity index is 1.84. The molecule has 1 heterocycles. The minimum absolute atomic E-state index is 0.00259. The van der Waals surface area contributed by atoms with Gasteiger partial charge in [-0.05, 0) is 42.3 Å². The first-order chi connectivity index (χ1) is 13.5. The molecule has 1 aliphatic heterocycles. The minimum atomic E-state index is -0.733. The van der Waals surface area contributed by atoms with Crippen molar-refractivity contribution in [3.8, 4) is 17.2 Å². The van der Waals surface area contributed by atoms with E-state index < -0.39 is 17.6 Å². The van der Waals surface area contributed by atoms with Crippen LogP contribution in [0.1, 0.15) is 18.1 Å². The molecule has 2 aromatic rings. The van der Waals surface area contributed by atoms with E-state index in [1.54, 1.807) is 42.5 Å². The summed E-state index contributed by atoms with van der Waals surface area (Å²) in [5.41, 5.74) is 1.10. The first-order valence-electron chi connectivity index (χ1n) is 8.73. The van der Waals surface area contributed by atoms with Gasteiger partial charge in [-0.3, -0.25) is 14.5 Å². The molecule has 2 aromatic carbocycles. The summed E-state index contributed by atoms with van der Waals surface area (Å²) >= 11 is 0. The lowest BCUT2D eigenvalue weighted by molar-refractivity contribution is -0.138. The maximum Gasteiger partial charge on any atom is 0.296 e. The van der Waals surface area contributed by atoms with E-state index in [4.69, 9.17) is 14.2 Å². The minimum Gasteiger partial charge on any atom is -0.502 e. The average molecular weight is 383 g/mol. The first kappa shape index (κ1) is 19.3. The van der Waals surface area contributed by atoms with Gasteiger partial charge in [0.05, 0.1) is 32.9 Å². The van der Waals surface area contributed by atoms with E-state index in [9.17, 15) is 14.7 Å². The predicted octanol–water partition coefficient (Wildman–Crippen LogP) is 2.94. The molecule has 0 aliphatic carbocycles. The largest absolute Gasteiger partial charge is 0.502 e. The van der Waals surface area contributed by atoms with E-state index >= 15 is 0 Å². The van der Waals surface area contributed by atoms with Gasteiger partial charge in [-0.25, -0.2) is 0 Å².